The average molecular weight is 403 g/mol. The van der Waals surface area contributed by atoms with Gasteiger partial charge in [-0.05, 0) is 75.9 Å². The molecule has 4 rings (SSSR count). The lowest BCUT2D eigenvalue weighted by Crippen LogP contribution is -2.20. The van der Waals surface area contributed by atoms with Gasteiger partial charge in [-0.25, -0.2) is 0 Å². The first-order valence-electron chi connectivity index (χ1n) is 11.7. The van der Waals surface area contributed by atoms with Crippen molar-refractivity contribution in [1.82, 2.24) is 9.88 Å². The molecule has 2 heterocycles. The molecule has 0 bridgehead atoms. The molecule has 0 unspecified atom stereocenters. The lowest BCUT2D eigenvalue weighted by Gasteiger charge is -2.12. The van der Waals surface area contributed by atoms with Gasteiger partial charge in [0.15, 0.2) is 0 Å². The monoisotopic (exact) mass is 402 g/mol. The third-order valence-electron chi connectivity index (χ3n) is 6.08. The van der Waals surface area contributed by atoms with Crippen LogP contribution in [0.4, 0.5) is 0 Å². The maximum atomic E-state index is 4.30. The number of aryl methyl sites for hydroxylation is 2. The van der Waals surface area contributed by atoms with E-state index in [1.54, 1.807) is 0 Å². The van der Waals surface area contributed by atoms with Gasteiger partial charge in [-0.1, -0.05) is 74.9 Å². The number of H-pyrrole nitrogens is 1. The third kappa shape index (κ3) is 6.34. The Balaban J connectivity index is 0.000000216. The predicted molar refractivity (Wildman–Crippen MR) is 132 cm³/mol. The number of hydrogen-bond acceptors (Lipinski definition) is 1. The fraction of sp³-hybridized carbons (Fsp3) is 0.429. The van der Waals surface area contributed by atoms with Crippen LogP contribution in [0.5, 0.6) is 0 Å². The number of fused-ring (bicyclic) bond motifs is 1. The summed E-state index contributed by atoms with van der Waals surface area (Å²) in [5.41, 5.74) is 6.27. The molecule has 1 saturated heterocycles. The Bertz CT molecular complexity index is 901. The smallest absolute Gasteiger partial charge is 0.0462 e. The summed E-state index contributed by atoms with van der Waals surface area (Å²) in [6.45, 7) is 12.8. The molecule has 2 nitrogen and oxygen atoms in total. The SMILES string of the molecule is C=C(CCc1ccccc1)c1c(C)[nH]c2ccccc12.CCCCCN1CCCC1. The van der Waals surface area contributed by atoms with Gasteiger partial charge in [-0.2, -0.15) is 0 Å². The first-order valence-corrected chi connectivity index (χ1v) is 11.7. The third-order valence-corrected chi connectivity index (χ3v) is 6.08. The number of rotatable bonds is 8. The molecule has 2 heteroatoms. The van der Waals surface area contributed by atoms with Crippen LogP contribution in [0.25, 0.3) is 16.5 Å². The van der Waals surface area contributed by atoms with Crippen molar-refractivity contribution in [2.75, 3.05) is 19.6 Å². The van der Waals surface area contributed by atoms with Crippen LogP contribution in [0.1, 0.15) is 62.3 Å². The van der Waals surface area contributed by atoms with E-state index >= 15 is 0 Å². The second-order valence-electron chi connectivity index (χ2n) is 8.52. The number of nitrogens with zero attached hydrogens (tertiary/aromatic N) is 1. The fourth-order valence-electron chi connectivity index (χ4n) is 4.39. The zero-order valence-electron chi connectivity index (χ0n) is 18.9. The molecule has 1 aromatic heterocycles. The van der Waals surface area contributed by atoms with E-state index in [4.69, 9.17) is 0 Å². The minimum atomic E-state index is 0.993. The van der Waals surface area contributed by atoms with Gasteiger partial charge in [0, 0.05) is 22.2 Å². The van der Waals surface area contributed by atoms with Crippen LogP contribution in [0.2, 0.25) is 0 Å². The summed E-state index contributed by atoms with van der Waals surface area (Å²) in [4.78, 5) is 6.04. The Morgan fingerprint density at radius 1 is 0.967 bits per heavy atom. The number of aromatic nitrogens is 1. The normalized spacial score (nSPS) is 13.9. The topological polar surface area (TPSA) is 19.0 Å². The largest absolute Gasteiger partial charge is 0.358 e. The van der Waals surface area contributed by atoms with E-state index < -0.39 is 0 Å². The molecule has 2 aromatic carbocycles. The molecule has 1 aliphatic rings. The summed E-state index contributed by atoms with van der Waals surface area (Å²) in [5, 5.41) is 1.28. The zero-order valence-corrected chi connectivity index (χ0v) is 18.9. The van der Waals surface area contributed by atoms with E-state index in [2.05, 4.69) is 84.9 Å². The van der Waals surface area contributed by atoms with Crippen molar-refractivity contribution in [3.8, 4) is 0 Å². The van der Waals surface area contributed by atoms with E-state index in [9.17, 15) is 0 Å². The van der Waals surface area contributed by atoms with Gasteiger partial charge in [-0.3, -0.25) is 0 Å². The molecule has 1 N–H and O–H groups in total. The lowest BCUT2D eigenvalue weighted by molar-refractivity contribution is 0.329. The summed E-state index contributed by atoms with van der Waals surface area (Å²) >= 11 is 0. The van der Waals surface area contributed by atoms with Crippen LogP contribution < -0.4 is 0 Å². The summed E-state index contributed by atoms with van der Waals surface area (Å²) in [6.07, 6.45) is 9.09. The standard InChI is InChI=1S/C19H19N.C9H19N/c1-14(12-13-16-8-4-3-5-9-16)19-15(2)20-18-11-7-6-10-17(18)19;1-2-3-4-7-10-8-5-6-9-10/h3-11,20H,1,12-13H2,2H3;2-9H2,1H3. The molecule has 0 spiro atoms. The maximum absolute atomic E-state index is 4.30. The number of nitrogens with one attached hydrogen (secondary N) is 1. The van der Waals surface area contributed by atoms with Crippen molar-refractivity contribution >= 4 is 16.5 Å². The van der Waals surface area contributed by atoms with E-state index in [0.29, 0.717) is 0 Å². The van der Waals surface area contributed by atoms with Crippen LogP contribution in [-0.4, -0.2) is 29.5 Å². The van der Waals surface area contributed by atoms with E-state index in [1.807, 2.05) is 0 Å². The molecule has 160 valence electrons. The van der Waals surface area contributed by atoms with E-state index in [0.717, 1.165) is 12.8 Å². The molecule has 0 aliphatic carbocycles. The molecular formula is C28H38N2. The Hall–Kier alpha value is -2.32. The van der Waals surface area contributed by atoms with E-state index in [-0.39, 0.29) is 0 Å². The van der Waals surface area contributed by atoms with Crippen molar-refractivity contribution in [1.29, 1.82) is 0 Å². The number of allylic oxidation sites excluding steroid dienone is 1. The summed E-state index contributed by atoms with van der Waals surface area (Å²) in [6, 6.07) is 19.0. The van der Waals surface area contributed by atoms with Crippen LogP contribution in [0.3, 0.4) is 0 Å². The molecule has 3 aromatic rings. The Morgan fingerprint density at radius 3 is 2.40 bits per heavy atom. The number of likely N-dealkylation sites (tertiary alicyclic amines) is 1. The number of hydrogen-bond donors (Lipinski definition) is 1. The van der Waals surface area contributed by atoms with Gasteiger partial charge in [0.1, 0.15) is 0 Å². The van der Waals surface area contributed by atoms with Crippen LogP contribution in [0, 0.1) is 6.92 Å². The number of aromatic amines is 1. The first-order chi connectivity index (χ1) is 14.7. The highest BCUT2D eigenvalue weighted by atomic mass is 15.1. The van der Waals surface area contributed by atoms with Gasteiger partial charge in [0.05, 0.1) is 0 Å². The van der Waals surface area contributed by atoms with Crippen molar-refractivity contribution in [2.45, 2.75) is 58.8 Å². The highest BCUT2D eigenvalue weighted by Gasteiger charge is 2.11. The average Bonchev–Trinajstić information content (AvgIpc) is 3.40. The Labute approximate surface area is 183 Å². The molecule has 0 atom stereocenters. The Kier molecular flexibility index (Phi) is 8.77. The minimum Gasteiger partial charge on any atom is -0.358 e. The van der Waals surface area contributed by atoms with Gasteiger partial charge < -0.3 is 9.88 Å². The van der Waals surface area contributed by atoms with Gasteiger partial charge in [-0.15, -0.1) is 0 Å². The van der Waals surface area contributed by atoms with Crippen LogP contribution in [-0.2, 0) is 6.42 Å². The molecule has 0 saturated carbocycles. The highest BCUT2D eigenvalue weighted by molar-refractivity contribution is 5.93. The minimum absolute atomic E-state index is 0.993. The number of benzene rings is 2. The number of para-hydroxylation sites is 1. The first kappa shape index (κ1) is 22.4. The molecular weight excluding hydrogens is 364 g/mol. The summed E-state index contributed by atoms with van der Waals surface area (Å²) < 4.78 is 0. The number of unbranched alkanes of at least 4 members (excludes halogenated alkanes) is 2. The molecule has 0 amide bonds. The fourth-order valence-corrected chi connectivity index (χ4v) is 4.39. The van der Waals surface area contributed by atoms with Crippen molar-refractivity contribution in [3.05, 3.63) is 78.0 Å². The summed E-state index contributed by atoms with van der Waals surface area (Å²) in [7, 11) is 0. The van der Waals surface area contributed by atoms with Crippen molar-refractivity contribution in [2.24, 2.45) is 0 Å². The maximum Gasteiger partial charge on any atom is 0.0462 e. The highest BCUT2D eigenvalue weighted by Crippen LogP contribution is 2.30. The zero-order chi connectivity index (χ0) is 21.2. The second-order valence-corrected chi connectivity index (χ2v) is 8.52. The van der Waals surface area contributed by atoms with Gasteiger partial charge >= 0.3 is 0 Å². The molecule has 30 heavy (non-hydrogen) atoms. The Morgan fingerprint density at radius 2 is 1.67 bits per heavy atom. The van der Waals surface area contributed by atoms with Crippen molar-refractivity contribution in [3.63, 3.8) is 0 Å². The summed E-state index contributed by atoms with van der Waals surface area (Å²) in [5.74, 6) is 0. The lowest BCUT2D eigenvalue weighted by atomic mass is 9.97. The van der Waals surface area contributed by atoms with Gasteiger partial charge in [0.25, 0.3) is 0 Å². The predicted octanol–water partition coefficient (Wildman–Crippen LogP) is 7.39. The quantitative estimate of drug-likeness (QED) is 0.389. The van der Waals surface area contributed by atoms with Crippen molar-refractivity contribution < 1.29 is 0 Å². The molecule has 1 fully saturated rings. The second kappa shape index (κ2) is 11.8. The van der Waals surface area contributed by atoms with Crippen LogP contribution in [0.15, 0.2) is 61.2 Å². The molecule has 1 aliphatic heterocycles. The van der Waals surface area contributed by atoms with Gasteiger partial charge in [0.2, 0.25) is 0 Å². The van der Waals surface area contributed by atoms with E-state index in [1.165, 1.54) is 85.0 Å². The van der Waals surface area contributed by atoms with Crippen LogP contribution >= 0.6 is 0 Å². The molecule has 0 radical (unpaired) electrons.